The predicted molar refractivity (Wildman–Crippen MR) is 103 cm³/mol. The number of anilines is 1. The van der Waals surface area contributed by atoms with Crippen molar-refractivity contribution in [3.8, 4) is 0 Å². The molecule has 1 heterocycles. The smallest absolute Gasteiger partial charge is 0.0557 e. The lowest BCUT2D eigenvalue weighted by molar-refractivity contribution is 0.00844. The molecule has 3 aromatic carbocycles. The molecule has 2 heteroatoms. The van der Waals surface area contributed by atoms with E-state index in [0.717, 1.165) is 26.3 Å². The van der Waals surface area contributed by atoms with Gasteiger partial charge < -0.3 is 9.64 Å². The fraction of sp³-hybridized carbons (Fsp3) is 0.217. The Hall–Kier alpha value is -2.58. The third-order valence-electron chi connectivity index (χ3n) is 4.78. The van der Waals surface area contributed by atoms with Gasteiger partial charge in [0.15, 0.2) is 0 Å². The van der Waals surface area contributed by atoms with Crippen LogP contribution in [-0.4, -0.2) is 13.2 Å². The summed E-state index contributed by atoms with van der Waals surface area (Å²) in [6.07, 6.45) is 0. The molecule has 0 aromatic heterocycles. The Kier molecular flexibility index (Phi) is 4.80. The van der Waals surface area contributed by atoms with Gasteiger partial charge in [-0.3, -0.25) is 0 Å². The molecule has 4 rings (SSSR count). The Morgan fingerprint density at radius 3 is 1.84 bits per heavy atom. The molecule has 0 amide bonds. The lowest BCUT2D eigenvalue weighted by atomic mass is 9.97. The van der Waals surface area contributed by atoms with E-state index in [9.17, 15) is 0 Å². The Bertz CT molecular complexity index is 755. The summed E-state index contributed by atoms with van der Waals surface area (Å²) in [5.41, 5.74) is 5.32. The van der Waals surface area contributed by atoms with Gasteiger partial charge in [0.1, 0.15) is 0 Å². The van der Waals surface area contributed by atoms with Crippen LogP contribution in [0.2, 0.25) is 0 Å². The van der Waals surface area contributed by atoms with E-state index in [1.807, 2.05) is 0 Å². The fourth-order valence-electron chi connectivity index (χ4n) is 3.25. The molecular weight excluding hydrogens is 306 g/mol. The summed E-state index contributed by atoms with van der Waals surface area (Å²) in [7, 11) is 0. The molecule has 0 N–H and O–H groups in total. The highest BCUT2D eigenvalue weighted by Crippen LogP contribution is 2.28. The predicted octanol–water partition coefficient (Wildman–Crippen LogP) is 5.01. The molecule has 1 fully saturated rings. The summed E-state index contributed by atoms with van der Waals surface area (Å²) in [5, 5.41) is 0. The van der Waals surface area contributed by atoms with Crippen molar-refractivity contribution >= 4 is 5.69 Å². The molecule has 0 saturated carbocycles. The average Bonchev–Trinajstić information content (AvgIpc) is 2.62. The van der Waals surface area contributed by atoms with Crippen LogP contribution in [0.3, 0.4) is 0 Å². The van der Waals surface area contributed by atoms with E-state index in [4.69, 9.17) is 4.74 Å². The van der Waals surface area contributed by atoms with E-state index in [2.05, 4.69) is 89.8 Å². The summed E-state index contributed by atoms with van der Waals surface area (Å²) in [6.45, 7) is 3.50. The molecular formula is C23H23NO. The Balaban J connectivity index is 1.62. The van der Waals surface area contributed by atoms with Crippen molar-refractivity contribution in [3.05, 3.63) is 102 Å². The van der Waals surface area contributed by atoms with Crippen molar-refractivity contribution in [2.75, 3.05) is 18.1 Å². The molecule has 1 aliphatic heterocycles. The minimum Gasteiger partial charge on any atom is -0.380 e. The maximum Gasteiger partial charge on any atom is 0.0557 e. The van der Waals surface area contributed by atoms with Gasteiger partial charge in [0.25, 0.3) is 0 Å². The van der Waals surface area contributed by atoms with Gasteiger partial charge in [0.2, 0.25) is 0 Å². The molecule has 0 spiro atoms. The summed E-state index contributed by atoms with van der Waals surface area (Å²) < 4.78 is 5.37. The van der Waals surface area contributed by atoms with E-state index in [1.165, 1.54) is 22.4 Å². The number of rotatable bonds is 6. The van der Waals surface area contributed by atoms with Crippen molar-refractivity contribution in [2.45, 2.75) is 19.0 Å². The normalized spacial score (nSPS) is 14.1. The van der Waals surface area contributed by atoms with E-state index in [0.29, 0.717) is 5.92 Å². The third kappa shape index (κ3) is 3.92. The van der Waals surface area contributed by atoms with Gasteiger partial charge in [0, 0.05) is 24.7 Å². The Morgan fingerprint density at radius 1 is 0.720 bits per heavy atom. The van der Waals surface area contributed by atoms with Gasteiger partial charge in [-0.2, -0.15) is 0 Å². The lowest BCUT2D eigenvalue weighted by Gasteiger charge is -2.29. The van der Waals surface area contributed by atoms with Crippen molar-refractivity contribution < 1.29 is 4.74 Å². The molecule has 0 bridgehead atoms. The second-order valence-corrected chi connectivity index (χ2v) is 6.66. The highest BCUT2D eigenvalue weighted by Gasteiger charge is 2.21. The third-order valence-corrected chi connectivity index (χ3v) is 4.78. The fourth-order valence-corrected chi connectivity index (χ4v) is 3.25. The summed E-state index contributed by atoms with van der Waals surface area (Å²) >= 11 is 0. The van der Waals surface area contributed by atoms with E-state index < -0.39 is 0 Å². The van der Waals surface area contributed by atoms with Crippen LogP contribution in [0.4, 0.5) is 5.69 Å². The highest BCUT2D eigenvalue weighted by molar-refractivity contribution is 5.50. The largest absolute Gasteiger partial charge is 0.380 e. The maximum atomic E-state index is 5.37. The van der Waals surface area contributed by atoms with Gasteiger partial charge >= 0.3 is 0 Å². The Labute approximate surface area is 149 Å². The topological polar surface area (TPSA) is 12.5 Å². The van der Waals surface area contributed by atoms with Crippen LogP contribution in [0.1, 0.15) is 22.6 Å². The minimum absolute atomic E-state index is 0.551. The second kappa shape index (κ2) is 7.54. The van der Waals surface area contributed by atoms with Gasteiger partial charge in [-0.05, 0) is 28.8 Å². The van der Waals surface area contributed by atoms with Crippen LogP contribution in [0, 0.1) is 0 Å². The van der Waals surface area contributed by atoms with Crippen molar-refractivity contribution in [1.29, 1.82) is 0 Å². The quantitative estimate of drug-likeness (QED) is 0.630. The monoisotopic (exact) mass is 329 g/mol. The first-order valence-corrected chi connectivity index (χ1v) is 8.89. The standard InChI is InChI=1S/C23H23NO/c1-3-8-19(9-4-1)15-24(16-20-10-5-2-6-11-20)23-13-7-12-21(14-23)22-17-25-18-22/h1-14,22H,15-18H2. The van der Waals surface area contributed by atoms with Gasteiger partial charge in [0.05, 0.1) is 13.2 Å². The Morgan fingerprint density at radius 2 is 1.32 bits per heavy atom. The van der Waals surface area contributed by atoms with Crippen LogP contribution in [0.25, 0.3) is 0 Å². The van der Waals surface area contributed by atoms with E-state index in [-0.39, 0.29) is 0 Å². The summed E-state index contributed by atoms with van der Waals surface area (Å²) in [6, 6.07) is 30.3. The second-order valence-electron chi connectivity index (χ2n) is 6.66. The molecule has 1 saturated heterocycles. The number of hydrogen-bond acceptors (Lipinski definition) is 2. The number of ether oxygens (including phenoxy) is 1. The molecule has 0 radical (unpaired) electrons. The van der Waals surface area contributed by atoms with Crippen molar-refractivity contribution in [1.82, 2.24) is 0 Å². The number of hydrogen-bond donors (Lipinski definition) is 0. The zero-order chi connectivity index (χ0) is 16.9. The zero-order valence-corrected chi connectivity index (χ0v) is 14.3. The van der Waals surface area contributed by atoms with Crippen LogP contribution in [0.15, 0.2) is 84.9 Å². The maximum absolute atomic E-state index is 5.37. The van der Waals surface area contributed by atoms with Gasteiger partial charge in [-0.15, -0.1) is 0 Å². The number of benzene rings is 3. The van der Waals surface area contributed by atoms with Crippen LogP contribution < -0.4 is 4.90 Å². The molecule has 25 heavy (non-hydrogen) atoms. The molecule has 1 aliphatic rings. The number of nitrogens with zero attached hydrogens (tertiary/aromatic N) is 1. The average molecular weight is 329 g/mol. The summed E-state index contributed by atoms with van der Waals surface area (Å²) in [4.78, 5) is 2.45. The minimum atomic E-state index is 0.551. The van der Waals surface area contributed by atoms with E-state index >= 15 is 0 Å². The molecule has 2 nitrogen and oxygen atoms in total. The van der Waals surface area contributed by atoms with Gasteiger partial charge in [-0.25, -0.2) is 0 Å². The zero-order valence-electron chi connectivity index (χ0n) is 14.3. The lowest BCUT2D eigenvalue weighted by Crippen LogP contribution is -2.26. The first kappa shape index (κ1) is 15.9. The molecule has 3 aromatic rings. The van der Waals surface area contributed by atoms with E-state index in [1.54, 1.807) is 0 Å². The molecule has 0 aliphatic carbocycles. The SMILES string of the molecule is c1ccc(CN(Cc2ccccc2)c2cccc(C3COC3)c2)cc1. The molecule has 0 atom stereocenters. The summed E-state index contributed by atoms with van der Waals surface area (Å²) in [5.74, 6) is 0.551. The highest BCUT2D eigenvalue weighted by atomic mass is 16.5. The van der Waals surface area contributed by atoms with Crippen molar-refractivity contribution in [2.24, 2.45) is 0 Å². The van der Waals surface area contributed by atoms with Crippen LogP contribution in [-0.2, 0) is 17.8 Å². The first-order valence-electron chi connectivity index (χ1n) is 8.89. The first-order chi connectivity index (χ1) is 12.4. The van der Waals surface area contributed by atoms with Crippen LogP contribution >= 0.6 is 0 Å². The van der Waals surface area contributed by atoms with Crippen LogP contribution in [0.5, 0.6) is 0 Å². The molecule has 0 unspecified atom stereocenters. The van der Waals surface area contributed by atoms with Gasteiger partial charge in [-0.1, -0.05) is 72.8 Å². The molecule has 126 valence electrons. The van der Waals surface area contributed by atoms with Crippen molar-refractivity contribution in [3.63, 3.8) is 0 Å².